The van der Waals surface area contributed by atoms with E-state index in [1.807, 2.05) is 30.5 Å². The lowest BCUT2D eigenvalue weighted by Crippen LogP contribution is -2.38. The van der Waals surface area contributed by atoms with Gasteiger partial charge in [0, 0.05) is 56.5 Å². The zero-order valence-electron chi connectivity index (χ0n) is 17.9. The molecule has 1 unspecified atom stereocenters. The van der Waals surface area contributed by atoms with Gasteiger partial charge in [-0.25, -0.2) is 0 Å². The molecule has 0 spiro atoms. The number of rotatable bonds is 6. The van der Waals surface area contributed by atoms with Crippen molar-refractivity contribution in [1.29, 1.82) is 0 Å². The largest absolute Gasteiger partial charge is 0.337 e. The highest BCUT2D eigenvalue weighted by molar-refractivity contribution is 5.94. The fraction of sp³-hybridized carbons (Fsp3) is 0.231. The predicted octanol–water partition coefficient (Wildman–Crippen LogP) is 3.47. The number of amides is 2. The normalized spacial score (nSPS) is 16.5. The predicted molar refractivity (Wildman–Crippen MR) is 124 cm³/mol. The minimum Gasteiger partial charge on any atom is -0.337 e. The zero-order valence-corrected chi connectivity index (χ0v) is 17.9. The summed E-state index contributed by atoms with van der Waals surface area (Å²) in [6, 6.07) is 15.6. The summed E-state index contributed by atoms with van der Waals surface area (Å²) in [5, 5.41) is 0. The Balaban J connectivity index is 1.54. The van der Waals surface area contributed by atoms with E-state index < -0.39 is 0 Å². The average molecular weight is 427 g/mol. The summed E-state index contributed by atoms with van der Waals surface area (Å²) < 4.78 is 0. The second-order valence-corrected chi connectivity index (χ2v) is 7.90. The number of pyridine rings is 2. The molecule has 3 heterocycles. The van der Waals surface area contributed by atoms with Crippen molar-refractivity contribution >= 4 is 11.8 Å². The van der Waals surface area contributed by atoms with Gasteiger partial charge in [0.2, 0.25) is 5.91 Å². The first-order chi connectivity index (χ1) is 15.7. The van der Waals surface area contributed by atoms with Gasteiger partial charge in [-0.1, -0.05) is 36.4 Å². The molecule has 1 saturated heterocycles. The lowest BCUT2D eigenvalue weighted by molar-refractivity contribution is -0.134. The first kappa shape index (κ1) is 21.4. The molecule has 1 atom stereocenters. The molecule has 32 heavy (non-hydrogen) atoms. The number of benzene rings is 1. The van der Waals surface area contributed by atoms with E-state index in [2.05, 4.69) is 28.7 Å². The van der Waals surface area contributed by atoms with Crippen molar-refractivity contribution in [1.82, 2.24) is 19.8 Å². The molecular weight excluding hydrogens is 400 g/mol. The second-order valence-electron chi connectivity index (χ2n) is 7.90. The lowest BCUT2D eigenvalue weighted by Gasteiger charge is -2.23. The molecule has 0 N–H and O–H groups in total. The van der Waals surface area contributed by atoms with E-state index in [1.165, 1.54) is 0 Å². The fourth-order valence-corrected chi connectivity index (χ4v) is 4.05. The van der Waals surface area contributed by atoms with Crippen LogP contribution in [0.4, 0.5) is 0 Å². The molecule has 6 nitrogen and oxygen atoms in total. The third kappa shape index (κ3) is 4.91. The number of carbonyl (C=O) groups excluding carboxylic acids is 2. The van der Waals surface area contributed by atoms with Crippen LogP contribution < -0.4 is 0 Å². The van der Waals surface area contributed by atoms with Gasteiger partial charge < -0.3 is 9.80 Å². The molecule has 0 bridgehead atoms. The van der Waals surface area contributed by atoms with E-state index in [1.54, 1.807) is 46.6 Å². The van der Waals surface area contributed by atoms with Gasteiger partial charge in [0.1, 0.15) is 0 Å². The maximum Gasteiger partial charge on any atom is 0.254 e. The minimum absolute atomic E-state index is 0.0614. The van der Waals surface area contributed by atoms with Crippen molar-refractivity contribution < 1.29 is 9.59 Å². The molecule has 1 aromatic carbocycles. The Hall–Kier alpha value is -3.80. The average Bonchev–Trinajstić information content (AvgIpc) is 3.00. The smallest absolute Gasteiger partial charge is 0.254 e. The number of aromatic nitrogens is 2. The maximum atomic E-state index is 13.3. The van der Waals surface area contributed by atoms with Crippen LogP contribution >= 0.6 is 0 Å². The summed E-state index contributed by atoms with van der Waals surface area (Å²) in [4.78, 5) is 38.1. The van der Waals surface area contributed by atoms with E-state index >= 15 is 0 Å². The Morgan fingerprint density at radius 3 is 2.47 bits per heavy atom. The molecular formula is C26H26N4O2. The van der Waals surface area contributed by atoms with Crippen LogP contribution in [0.15, 0.2) is 86.0 Å². The highest BCUT2D eigenvalue weighted by Gasteiger charge is 2.32. The molecule has 2 aromatic heterocycles. The topological polar surface area (TPSA) is 66.4 Å². The van der Waals surface area contributed by atoms with Crippen LogP contribution in [-0.2, 0) is 11.2 Å². The molecule has 1 fully saturated rings. The van der Waals surface area contributed by atoms with Crippen molar-refractivity contribution in [3.05, 3.63) is 97.1 Å². The SMILES string of the molecule is C=CCN1CCN(C(=O)c2ccncc2)CC(Cc2ccc(-c3cccnc3)cc2)C1=O. The quantitative estimate of drug-likeness (QED) is 0.566. The summed E-state index contributed by atoms with van der Waals surface area (Å²) in [7, 11) is 0. The van der Waals surface area contributed by atoms with Crippen LogP contribution in [0.5, 0.6) is 0 Å². The van der Waals surface area contributed by atoms with E-state index in [0.717, 1.165) is 16.7 Å². The Morgan fingerprint density at radius 1 is 1.00 bits per heavy atom. The number of carbonyl (C=O) groups is 2. The summed E-state index contributed by atoms with van der Waals surface area (Å²) in [6.07, 6.45) is 9.12. The Bertz CT molecular complexity index is 1070. The number of hydrogen-bond donors (Lipinski definition) is 0. The van der Waals surface area contributed by atoms with Crippen LogP contribution in [-0.4, -0.2) is 57.8 Å². The Morgan fingerprint density at radius 2 is 1.78 bits per heavy atom. The number of nitrogens with zero attached hydrogens (tertiary/aromatic N) is 4. The minimum atomic E-state index is -0.313. The maximum absolute atomic E-state index is 13.3. The standard InChI is InChI=1S/C26H26N4O2/c1-2-14-29-15-16-30(25(31)22-9-12-27-13-10-22)19-24(26(29)32)17-20-5-7-21(8-6-20)23-4-3-11-28-18-23/h2-13,18,24H,1,14-17,19H2. The van der Waals surface area contributed by atoms with Crippen molar-refractivity contribution in [3.8, 4) is 11.1 Å². The monoisotopic (exact) mass is 426 g/mol. The van der Waals surface area contributed by atoms with Crippen LogP contribution in [0.25, 0.3) is 11.1 Å². The van der Waals surface area contributed by atoms with E-state index in [-0.39, 0.29) is 17.7 Å². The molecule has 1 aliphatic rings. The van der Waals surface area contributed by atoms with Gasteiger partial charge in [0.15, 0.2) is 0 Å². The summed E-state index contributed by atoms with van der Waals surface area (Å²) in [6.45, 7) is 5.64. The summed E-state index contributed by atoms with van der Waals surface area (Å²) in [5.74, 6) is -0.323. The van der Waals surface area contributed by atoms with Gasteiger partial charge in [-0.3, -0.25) is 19.6 Å². The first-order valence-corrected chi connectivity index (χ1v) is 10.7. The van der Waals surface area contributed by atoms with Crippen molar-refractivity contribution in [2.45, 2.75) is 6.42 Å². The summed E-state index contributed by atoms with van der Waals surface area (Å²) >= 11 is 0. The van der Waals surface area contributed by atoms with Crippen molar-refractivity contribution in [3.63, 3.8) is 0 Å². The molecule has 0 aliphatic carbocycles. The van der Waals surface area contributed by atoms with Gasteiger partial charge in [-0.15, -0.1) is 6.58 Å². The molecule has 1 aliphatic heterocycles. The second kappa shape index (κ2) is 10.0. The van der Waals surface area contributed by atoms with E-state index in [9.17, 15) is 9.59 Å². The van der Waals surface area contributed by atoms with Crippen molar-refractivity contribution in [2.24, 2.45) is 5.92 Å². The number of hydrogen-bond acceptors (Lipinski definition) is 4. The lowest BCUT2D eigenvalue weighted by atomic mass is 9.95. The Kier molecular flexibility index (Phi) is 6.70. The highest BCUT2D eigenvalue weighted by atomic mass is 16.2. The van der Waals surface area contributed by atoms with Gasteiger partial charge >= 0.3 is 0 Å². The van der Waals surface area contributed by atoms with Gasteiger partial charge in [-0.05, 0) is 41.3 Å². The first-order valence-electron chi connectivity index (χ1n) is 10.7. The molecule has 0 radical (unpaired) electrons. The van der Waals surface area contributed by atoms with Crippen LogP contribution in [0.3, 0.4) is 0 Å². The third-order valence-corrected chi connectivity index (χ3v) is 5.74. The van der Waals surface area contributed by atoms with Crippen LogP contribution in [0, 0.1) is 5.92 Å². The molecule has 6 heteroatoms. The van der Waals surface area contributed by atoms with E-state index in [4.69, 9.17) is 0 Å². The Labute approximate surface area is 188 Å². The molecule has 2 amide bonds. The third-order valence-electron chi connectivity index (χ3n) is 5.74. The zero-order chi connectivity index (χ0) is 22.3. The van der Waals surface area contributed by atoms with Crippen LogP contribution in [0.1, 0.15) is 15.9 Å². The molecule has 4 rings (SSSR count). The molecule has 3 aromatic rings. The van der Waals surface area contributed by atoms with Crippen molar-refractivity contribution in [2.75, 3.05) is 26.2 Å². The fourth-order valence-electron chi connectivity index (χ4n) is 4.05. The van der Waals surface area contributed by atoms with Gasteiger partial charge in [0.25, 0.3) is 5.91 Å². The van der Waals surface area contributed by atoms with Crippen LogP contribution in [0.2, 0.25) is 0 Å². The molecule has 162 valence electrons. The molecule has 0 saturated carbocycles. The van der Waals surface area contributed by atoms with Gasteiger partial charge in [0.05, 0.1) is 5.92 Å². The van der Waals surface area contributed by atoms with E-state index in [0.29, 0.717) is 38.2 Å². The highest BCUT2D eigenvalue weighted by Crippen LogP contribution is 2.22. The summed E-state index contributed by atoms with van der Waals surface area (Å²) in [5.41, 5.74) is 3.78. The van der Waals surface area contributed by atoms with Gasteiger partial charge in [-0.2, -0.15) is 0 Å².